The van der Waals surface area contributed by atoms with E-state index in [2.05, 4.69) is 5.32 Å². The molecule has 0 fully saturated rings. The van der Waals surface area contributed by atoms with Crippen LogP contribution in [0.25, 0.3) is 5.57 Å². The summed E-state index contributed by atoms with van der Waals surface area (Å²) >= 11 is 0. The van der Waals surface area contributed by atoms with Crippen LogP contribution < -0.4 is 5.32 Å². The quantitative estimate of drug-likeness (QED) is 0.839. The van der Waals surface area contributed by atoms with E-state index in [-0.39, 0.29) is 11.4 Å². The molecule has 1 aromatic rings. The number of hydrogen-bond acceptors (Lipinski definition) is 2. The molecule has 4 heteroatoms. The Bertz CT molecular complexity index is 613. The molecular formula is C14H10FNO2. The van der Waals surface area contributed by atoms with Crippen LogP contribution in [0.3, 0.4) is 0 Å². The molecule has 0 aromatic heterocycles. The third-order valence-corrected chi connectivity index (χ3v) is 3.18. The lowest BCUT2D eigenvalue weighted by molar-refractivity contribution is 0.0697. The van der Waals surface area contributed by atoms with E-state index in [1.807, 2.05) is 0 Å². The molecule has 90 valence electrons. The van der Waals surface area contributed by atoms with Crippen LogP contribution in [0.15, 0.2) is 54.5 Å². The van der Waals surface area contributed by atoms with Crippen molar-refractivity contribution in [1.82, 2.24) is 5.32 Å². The van der Waals surface area contributed by atoms with E-state index in [4.69, 9.17) is 5.11 Å². The van der Waals surface area contributed by atoms with Crippen molar-refractivity contribution in [3.8, 4) is 0 Å². The molecule has 2 aliphatic rings. The molecule has 1 atom stereocenters. The average Bonchev–Trinajstić information content (AvgIpc) is 2.94. The molecule has 2 N–H and O–H groups in total. The summed E-state index contributed by atoms with van der Waals surface area (Å²) in [5, 5.41) is 11.8. The Labute approximate surface area is 103 Å². The van der Waals surface area contributed by atoms with E-state index in [0.717, 1.165) is 0 Å². The van der Waals surface area contributed by atoms with Crippen molar-refractivity contribution in [2.75, 3.05) is 0 Å². The largest absolute Gasteiger partial charge is 0.478 e. The zero-order valence-electron chi connectivity index (χ0n) is 9.35. The van der Waals surface area contributed by atoms with E-state index in [1.165, 1.54) is 12.1 Å². The third kappa shape index (κ3) is 1.39. The number of halogens is 1. The van der Waals surface area contributed by atoms with E-state index >= 15 is 0 Å². The van der Waals surface area contributed by atoms with Gasteiger partial charge in [-0.1, -0.05) is 18.2 Å². The minimum atomic E-state index is -0.986. The summed E-state index contributed by atoms with van der Waals surface area (Å²) in [4.78, 5) is 10.7. The maximum atomic E-state index is 13.9. The van der Waals surface area contributed by atoms with Crippen molar-refractivity contribution in [2.45, 2.75) is 5.54 Å². The highest BCUT2D eigenvalue weighted by Crippen LogP contribution is 2.53. The maximum absolute atomic E-state index is 13.9. The number of carboxylic acid groups (broad SMARTS) is 1. The number of dihydropyridines is 1. The van der Waals surface area contributed by atoms with E-state index in [1.54, 1.807) is 36.6 Å². The summed E-state index contributed by atoms with van der Waals surface area (Å²) in [5.74, 6) is -1.20. The predicted molar refractivity (Wildman–Crippen MR) is 65.6 cm³/mol. The lowest BCUT2D eigenvalue weighted by Crippen LogP contribution is -2.30. The fourth-order valence-corrected chi connectivity index (χ4v) is 2.17. The number of rotatable bonds is 2. The fourth-order valence-electron chi connectivity index (χ4n) is 2.17. The highest BCUT2D eigenvalue weighted by atomic mass is 19.1. The van der Waals surface area contributed by atoms with Gasteiger partial charge in [-0.25, -0.2) is 9.18 Å². The molecule has 0 radical (unpaired) electrons. The Morgan fingerprint density at radius 2 is 1.94 bits per heavy atom. The van der Waals surface area contributed by atoms with E-state index < -0.39 is 11.5 Å². The van der Waals surface area contributed by atoms with Crippen molar-refractivity contribution in [3.63, 3.8) is 0 Å². The number of aromatic carboxylic acids is 1. The molecule has 0 bridgehead atoms. The van der Waals surface area contributed by atoms with Gasteiger partial charge < -0.3 is 10.4 Å². The highest BCUT2D eigenvalue weighted by molar-refractivity contribution is 5.96. The number of nitrogens with one attached hydrogen (secondary N) is 1. The van der Waals surface area contributed by atoms with Crippen LogP contribution >= 0.6 is 0 Å². The number of carbonyl (C=O) groups is 1. The molecular weight excluding hydrogens is 233 g/mol. The topological polar surface area (TPSA) is 49.3 Å². The first kappa shape index (κ1) is 10.8. The molecule has 1 heterocycles. The second-order valence-corrected chi connectivity index (χ2v) is 4.24. The Balaban J connectivity index is 1.91. The second kappa shape index (κ2) is 3.57. The Morgan fingerprint density at radius 3 is 2.50 bits per heavy atom. The Kier molecular flexibility index (Phi) is 2.13. The minimum absolute atomic E-state index is 0.196. The molecule has 18 heavy (non-hydrogen) atoms. The van der Waals surface area contributed by atoms with Gasteiger partial charge in [0.15, 0.2) is 0 Å². The fraction of sp³-hybridized carbons (Fsp3) is 0.0714. The maximum Gasteiger partial charge on any atom is 0.335 e. The van der Waals surface area contributed by atoms with Crippen molar-refractivity contribution < 1.29 is 14.3 Å². The van der Waals surface area contributed by atoms with Gasteiger partial charge in [0.05, 0.1) is 5.56 Å². The van der Waals surface area contributed by atoms with Crippen molar-refractivity contribution in [2.24, 2.45) is 0 Å². The van der Waals surface area contributed by atoms with Gasteiger partial charge in [0.2, 0.25) is 0 Å². The first-order chi connectivity index (χ1) is 8.65. The number of carboxylic acids is 1. The molecule has 1 aliphatic carbocycles. The monoisotopic (exact) mass is 243 g/mol. The number of hydrogen-bond donors (Lipinski definition) is 2. The van der Waals surface area contributed by atoms with Crippen LogP contribution in [0.5, 0.6) is 0 Å². The van der Waals surface area contributed by atoms with Crippen LogP contribution in [0, 0.1) is 0 Å². The SMILES string of the molecule is O=C(O)c1ccc(C2=C(F)C23C=CC=CN3)cc1. The minimum Gasteiger partial charge on any atom is -0.478 e. The van der Waals surface area contributed by atoms with Crippen LogP contribution in [0.2, 0.25) is 0 Å². The summed E-state index contributed by atoms with van der Waals surface area (Å²) in [7, 11) is 0. The van der Waals surface area contributed by atoms with Crippen LogP contribution in [0.4, 0.5) is 4.39 Å². The van der Waals surface area contributed by atoms with Crippen LogP contribution in [0.1, 0.15) is 15.9 Å². The average molecular weight is 243 g/mol. The van der Waals surface area contributed by atoms with E-state index in [9.17, 15) is 9.18 Å². The summed E-state index contributed by atoms with van der Waals surface area (Å²) in [6.07, 6.45) is 7.03. The number of allylic oxidation sites excluding steroid dienone is 2. The van der Waals surface area contributed by atoms with Gasteiger partial charge in [0, 0.05) is 5.57 Å². The van der Waals surface area contributed by atoms with Crippen molar-refractivity contribution in [3.05, 3.63) is 65.6 Å². The lowest BCUT2D eigenvalue weighted by Gasteiger charge is -2.16. The molecule has 1 unspecified atom stereocenters. The molecule has 1 spiro atoms. The molecule has 3 rings (SSSR count). The Hall–Kier alpha value is -2.36. The molecule has 0 saturated heterocycles. The first-order valence-corrected chi connectivity index (χ1v) is 5.52. The van der Waals surface area contributed by atoms with Crippen molar-refractivity contribution >= 4 is 11.5 Å². The van der Waals surface area contributed by atoms with E-state index in [0.29, 0.717) is 11.1 Å². The Morgan fingerprint density at radius 1 is 1.22 bits per heavy atom. The molecule has 1 aromatic carbocycles. The third-order valence-electron chi connectivity index (χ3n) is 3.18. The summed E-state index contributed by atoms with van der Waals surface area (Å²) in [5.41, 5.74) is 0.658. The molecule has 3 nitrogen and oxygen atoms in total. The van der Waals surface area contributed by atoms with Gasteiger partial charge in [-0.05, 0) is 36.0 Å². The summed E-state index contributed by atoms with van der Waals surface area (Å²) in [6, 6.07) is 6.21. The second-order valence-electron chi connectivity index (χ2n) is 4.24. The van der Waals surface area contributed by atoms with Gasteiger partial charge in [-0.2, -0.15) is 0 Å². The normalized spacial score (nSPS) is 24.3. The first-order valence-electron chi connectivity index (χ1n) is 5.52. The molecule has 0 amide bonds. The summed E-state index contributed by atoms with van der Waals surface area (Å²) in [6.45, 7) is 0. The smallest absolute Gasteiger partial charge is 0.335 e. The standard InChI is InChI=1S/C14H10FNO2/c15-12-11(14(12)7-1-2-8-16-14)9-3-5-10(6-4-9)13(17)18/h1-8,16H,(H,17,18). The van der Waals surface area contributed by atoms with Gasteiger partial charge >= 0.3 is 5.97 Å². The zero-order valence-corrected chi connectivity index (χ0v) is 9.35. The molecule has 1 aliphatic heterocycles. The van der Waals surface area contributed by atoms with Crippen LogP contribution in [-0.2, 0) is 0 Å². The van der Waals surface area contributed by atoms with Crippen molar-refractivity contribution in [1.29, 1.82) is 0 Å². The van der Waals surface area contributed by atoms with Gasteiger partial charge in [0.1, 0.15) is 11.4 Å². The predicted octanol–water partition coefficient (Wildman–Crippen LogP) is 2.49. The van der Waals surface area contributed by atoms with Gasteiger partial charge in [0.25, 0.3) is 0 Å². The van der Waals surface area contributed by atoms with Gasteiger partial charge in [-0.15, -0.1) is 0 Å². The zero-order chi connectivity index (χ0) is 12.8. The molecule has 0 saturated carbocycles. The van der Waals surface area contributed by atoms with Crippen LogP contribution in [-0.4, -0.2) is 16.6 Å². The number of benzene rings is 1. The highest BCUT2D eigenvalue weighted by Gasteiger charge is 2.53. The summed E-state index contributed by atoms with van der Waals surface area (Å²) < 4.78 is 13.9. The van der Waals surface area contributed by atoms with Gasteiger partial charge in [-0.3, -0.25) is 0 Å². The lowest BCUT2D eigenvalue weighted by atomic mass is 10.0.